The average molecular weight is 402 g/mol. The van der Waals surface area contributed by atoms with Gasteiger partial charge in [-0.25, -0.2) is 9.78 Å². The van der Waals surface area contributed by atoms with Crippen LogP contribution in [0.4, 0.5) is 11.4 Å². The molecule has 1 N–H and O–H groups in total. The number of nitrogens with one attached hydrogen (secondary N) is 1. The van der Waals surface area contributed by atoms with Gasteiger partial charge in [0.2, 0.25) is 5.89 Å². The van der Waals surface area contributed by atoms with Gasteiger partial charge in [-0.3, -0.25) is 14.9 Å². The molecule has 3 rings (SSSR count). The SMILES string of the molecule is O=C(COC(=O)/C=C/c1nc2ccccc2o1)Nc1cc(Cl)ccc1[N+](=O)[O-]. The molecule has 0 atom stereocenters. The summed E-state index contributed by atoms with van der Waals surface area (Å²) in [5.41, 5.74) is 0.775. The minimum Gasteiger partial charge on any atom is -0.452 e. The van der Waals surface area contributed by atoms with Gasteiger partial charge in [0.25, 0.3) is 11.6 Å². The first-order chi connectivity index (χ1) is 13.4. The molecular formula is C18H12ClN3O6. The molecule has 2 aromatic carbocycles. The first-order valence-electron chi connectivity index (χ1n) is 7.86. The molecule has 0 aliphatic rings. The molecule has 1 amide bonds. The Balaban J connectivity index is 1.56. The largest absolute Gasteiger partial charge is 0.452 e. The molecule has 0 spiro atoms. The van der Waals surface area contributed by atoms with Crippen molar-refractivity contribution >= 4 is 52.0 Å². The summed E-state index contributed by atoms with van der Waals surface area (Å²) in [5.74, 6) is -1.36. The highest BCUT2D eigenvalue weighted by Gasteiger charge is 2.17. The van der Waals surface area contributed by atoms with Crippen molar-refractivity contribution in [3.05, 3.63) is 69.6 Å². The van der Waals surface area contributed by atoms with Gasteiger partial charge in [-0.05, 0) is 24.3 Å². The number of carbonyl (C=O) groups is 2. The number of aromatic nitrogens is 1. The van der Waals surface area contributed by atoms with Crippen molar-refractivity contribution in [2.24, 2.45) is 0 Å². The zero-order chi connectivity index (χ0) is 20.1. The lowest BCUT2D eigenvalue weighted by molar-refractivity contribution is -0.383. The number of para-hydroxylation sites is 2. The Bertz CT molecular complexity index is 1060. The van der Waals surface area contributed by atoms with Crippen molar-refractivity contribution in [3.63, 3.8) is 0 Å². The van der Waals surface area contributed by atoms with Crippen LogP contribution in [0.1, 0.15) is 5.89 Å². The first kappa shape index (κ1) is 19.1. The average Bonchev–Trinajstić information content (AvgIpc) is 3.07. The van der Waals surface area contributed by atoms with Crippen LogP contribution in [0, 0.1) is 10.1 Å². The van der Waals surface area contributed by atoms with Gasteiger partial charge < -0.3 is 14.5 Å². The summed E-state index contributed by atoms with van der Waals surface area (Å²) in [6.07, 6.45) is 2.36. The Morgan fingerprint density at radius 1 is 1.29 bits per heavy atom. The number of fused-ring (bicyclic) bond motifs is 1. The van der Waals surface area contributed by atoms with E-state index in [0.717, 1.165) is 12.1 Å². The number of benzene rings is 2. The van der Waals surface area contributed by atoms with Crippen LogP contribution in [-0.4, -0.2) is 28.4 Å². The van der Waals surface area contributed by atoms with Crippen molar-refractivity contribution in [3.8, 4) is 0 Å². The van der Waals surface area contributed by atoms with Crippen LogP contribution in [-0.2, 0) is 14.3 Å². The smallest absolute Gasteiger partial charge is 0.331 e. The number of halogens is 1. The summed E-state index contributed by atoms with van der Waals surface area (Å²) in [6, 6.07) is 10.8. The van der Waals surface area contributed by atoms with Crippen molar-refractivity contribution in [1.29, 1.82) is 0 Å². The number of hydrogen-bond donors (Lipinski definition) is 1. The predicted octanol–water partition coefficient (Wildman–Crippen LogP) is 3.58. The van der Waals surface area contributed by atoms with Gasteiger partial charge in [0, 0.05) is 23.2 Å². The van der Waals surface area contributed by atoms with Crippen LogP contribution in [0.3, 0.4) is 0 Å². The highest BCUT2D eigenvalue weighted by molar-refractivity contribution is 6.31. The van der Waals surface area contributed by atoms with E-state index >= 15 is 0 Å². The van der Waals surface area contributed by atoms with Crippen LogP contribution >= 0.6 is 11.6 Å². The zero-order valence-electron chi connectivity index (χ0n) is 14.1. The molecule has 0 bridgehead atoms. The third kappa shape index (κ3) is 4.71. The first-order valence-corrected chi connectivity index (χ1v) is 8.24. The Hall–Kier alpha value is -3.72. The standard InChI is InChI=1S/C18H12ClN3O6/c19-11-5-6-14(22(25)26)13(9-11)20-16(23)10-27-18(24)8-7-17-21-12-3-1-2-4-15(12)28-17/h1-9H,10H2,(H,20,23)/b8-7+. The summed E-state index contributed by atoms with van der Waals surface area (Å²) in [6.45, 7) is -0.638. The van der Waals surface area contributed by atoms with E-state index in [0.29, 0.717) is 11.1 Å². The molecule has 1 heterocycles. The number of nitrogens with zero attached hydrogens (tertiary/aromatic N) is 2. The minimum atomic E-state index is -0.807. The monoisotopic (exact) mass is 401 g/mol. The van der Waals surface area contributed by atoms with Gasteiger partial charge >= 0.3 is 5.97 Å². The number of oxazole rings is 1. The van der Waals surface area contributed by atoms with Crippen LogP contribution in [0.2, 0.25) is 5.02 Å². The summed E-state index contributed by atoms with van der Waals surface area (Å²) in [4.78, 5) is 38.1. The van der Waals surface area contributed by atoms with Crippen LogP contribution in [0.25, 0.3) is 17.2 Å². The Kier molecular flexibility index (Phi) is 5.66. The van der Waals surface area contributed by atoms with Crippen LogP contribution in [0.15, 0.2) is 53.0 Å². The molecule has 28 heavy (non-hydrogen) atoms. The molecule has 0 aliphatic carbocycles. The lowest BCUT2D eigenvalue weighted by Crippen LogP contribution is -2.20. The third-order valence-electron chi connectivity index (χ3n) is 3.45. The number of ether oxygens (including phenoxy) is 1. The number of carbonyl (C=O) groups excluding carboxylic acids is 2. The maximum atomic E-state index is 11.9. The maximum absolute atomic E-state index is 11.9. The predicted molar refractivity (Wildman–Crippen MR) is 101 cm³/mol. The normalized spacial score (nSPS) is 10.9. The second kappa shape index (κ2) is 8.31. The van der Waals surface area contributed by atoms with E-state index in [1.165, 1.54) is 18.2 Å². The van der Waals surface area contributed by atoms with Crippen molar-refractivity contribution in [2.45, 2.75) is 0 Å². The second-order valence-corrected chi connectivity index (χ2v) is 5.86. The fraction of sp³-hybridized carbons (Fsp3) is 0.0556. The lowest BCUT2D eigenvalue weighted by atomic mass is 10.2. The molecule has 0 aliphatic heterocycles. The Morgan fingerprint density at radius 3 is 2.82 bits per heavy atom. The van der Waals surface area contributed by atoms with E-state index in [1.54, 1.807) is 24.3 Å². The number of anilines is 1. The summed E-state index contributed by atoms with van der Waals surface area (Å²) < 4.78 is 10.2. The Morgan fingerprint density at radius 2 is 2.07 bits per heavy atom. The molecule has 3 aromatic rings. The number of amides is 1. The van der Waals surface area contributed by atoms with Crippen molar-refractivity contribution in [2.75, 3.05) is 11.9 Å². The maximum Gasteiger partial charge on any atom is 0.331 e. The molecule has 0 saturated heterocycles. The van der Waals surface area contributed by atoms with E-state index in [9.17, 15) is 19.7 Å². The van der Waals surface area contributed by atoms with E-state index < -0.39 is 23.4 Å². The van der Waals surface area contributed by atoms with Gasteiger partial charge in [0.05, 0.1) is 4.92 Å². The molecule has 9 nitrogen and oxygen atoms in total. The highest BCUT2D eigenvalue weighted by atomic mass is 35.5. The topological polar surface area (TPSA) is 125 Å². The molecule has 0 radical (unpaired) electrons. The van der Waals surface area contributed by atoms with Crippen LogP contribution < -0.4 is 5.32 Å². The molecule has 0 fully saturated rings. The fourth-order valence-corrected chi connectivity index (χ4v) is 2.41. The van der Waals surface area contributed by atoms with E-state index in [2.05, 4.69) is 10.3 Å². The van der Waals surface area contributed by atoms with Gasteiger partial charge in [0.1, 0.15) is 11.2 Å². The van der Waals surface area contributed by atoms with E-state index in [-0.39, 0.29) is 22.3 Å². The molecular weight excluding hydrogens is 390 g/mol. The van der Waals surface area contributed by atoms with Gasteiger partial charge in [-0.15, -0.1) is 0 Å². The zero-order valence-corrected chi connectivity index (χ0v) is 14.9. The number of esters is 1. The number of rotatable bonds is 6. The highest BCUT2D eigenvalue weighted by Crippen LogP contribution is 2.27. The molecule has 0 saturated carbocycles. The summed E-state index contributed by atoms with van der Waals surface area (Å²) in [5, 5.41) is 13.5. The summed E-state index contributed by atoms with van der Waals surface area (Å²) in [7, 11) is 0. The Labute approximate surface area is 162 Å². The molecule has 10 heteroatoms. The number of hydrogen-bond acceptors (Lipinski definition) is 7. The fourth-order valence-electron chi connectivity index (χ4n) is 2.24. The van der Waals surface area contributed by atoms with E-state index in [4.69, 9.17) is 20.8 Å². The molecule has 0 unspecified atom stereocenters. The minimum absolute atomic E-state index is 0.0967. The number of nitro groups is 1. The van der Waals surface area contributed by atoms with E-state index in [1.807, 2.05) is 0 Å². The third-order valence-corrected chi connectivity index (χ3v) is 3.68. The van der Waals surface area contributed by atoms with Gasteiger partial charge in [-0.1, -0.05) is 23.7 Å². The van der Waals surface area contributed by atoms with Crippen molar-refractivity contribution < 1.29 is 23.7 Å². The quantitative estimate of drug-likeness (QED) is 0.289. The lowest BCUT2D eigenvalue weighted by Gasteiger charge is -2.06. The van der Waals surface area contributed by atoms with Gasteiger partial charge in [0.15, 0.2) is 12.2 Å². The van der Waals surface area contributed by atoms with Gasteiger partial charge in [-0.2, -0.15) is 0 Å². The van der Waals surface area contributed by atoms with Crippen molar-refractivity contribution in [1.82, 2.24) is 4.98 Å². The molecule has 142 valence electrons. The second-order valence-electron chi connectivity index (χ2n) is 5.43. The van der Waals surface area contributed by atoms with Crippen LogP contribution in [0.5, 0.6) is 0 Å². The summed E-state index contributed by atoms with van der Waals surface area (Å²) >= 11 is 5.78. The number of nitro benzene ring substituents is 1. The molecule has 1 aromatic heterocycles.